The van der Waals surface area contributed by atoms with Crippen molar-refractivity contribution >= 4 is 5.57 Å². The predicted molar refractivity (Wildman–Crippen MR) is 117 cm³/mol. The fourth-order valence-electron chi connectivity index (χ4n) is 3.61. The van der Waals surface area contributed by atoms with Crippen molar-refractivity contribution in [3.05, 3.63) is 150 Å². The van der Waals surface area contributed by atoms with Gasteiger partial charge in [-0.1, -0.05) is 121 Å². The van der Waals surface area contributed by atoms with Gasteiger partial charge in [-0.05, 0) is 33.9 Å². The lowest BCUT2D eigenvalue weighted by molar-refractivity contribution is -0.299. The van der Waals surface area contributed by atoms with Crippen LogP contribution in [0.1, 0.15) is 22.3 Å². The summed E-state index contributed by atoms with van der Waals surface area (Å²) in [4.78, 5) is 5.31. The molecule has 0 aliphatic heterocycles. The van der Waals surface area contributed by atoms with Crippen LogP contribution in [0.2, 0.25) is 0 Å². The lowest BCUT2D eigenvalue weighted by Gasteiger charge is -2.30. The highest BCUT2D eigenvalue weighted by Gasteiger charge is 2.35. The summed E-state index contributed by atoms with van der Waals surface area (Å²) in [6.07, 6.45) is 2.00. The summed E-state index contributed by atoms with van der Waals surface area (Å²) in [5.74, 6) is 0. The first-order valence-corrected chi connectivity index (χ1v) is 9.61. The monoisotopic (exact) mass is 378 g/mol. The van der Waals surface area contributed by atoms with Crippen molar-refractivity contribution < 1.29 is 10.1 Å². The molecule has 142 valence electrons. The lowest BCUT2D eigenvalue weighted by Crippen LogP contribution is -2.28. The highest BCUT2D eigenvalue weighted by molar-refractivity contribution is 5.81. The maximum atomic E-state index is 10.3. The minimum absolute atomic E-state index is 0.845. The van der Waals surface area contributed by atoms with Crippen molar-refractivity contribution in [3.8, 4) is 0 Å². The molecular formula is C27H22O2. The Hall–Kier alpha value is -3.46. The van der Waals surface area contributed by atoms with E-state index in [2.05, 4.69) is 24.3 Å². The third-order valence-electron chi connectivity index (χ3n) is 5.07. The quantitative estimate of drug-likeness (QED) is 0.304. The van der Waals surface area contributed by atoms with Gasteiger partial charge in [0.1, 0.15) is 0 Å². The first kappa shape index (κ1) is 18.9. The van der Waals surface area contributed by atoms with Gasteiger partial charge in [-0.15, -0.1) is 0 Å². The van der Waals surface area contributed by atoms with E-state index in [1.54, 1.807) is 0 Å². The van der Waals surface area contributed by atoms with E-state index in [9.17, 15) is 5.26 Å². The van der Waals surface area contributed by atoms with Gasteiger partial charge in [-0.3, -0.25) is 5.26 Å². The SMILES string of the molecule is OOC(C=C(c1ccccc1)c1ccccc1)(c1ccccc1)c1ccccc1. The molecule has 2 nitrogen and oxygen atoms in total. The number of hydrogen-bond donors (Lipinski definition) is 1. The standard InChI is InChI=1S/C27H22O2/c28-29-27(24-17-9-3-10-18-24,25-19-11-4-12-20-25)21-26(22-13-5-1-6-14-22)23-15-7-2-8-16-23/h1-21,28H. The molecule has 0 aliphatic rings. The van der Waals surface area contributed by atoms with Gasteiger partial charge in [0.05, 0.1) is 0 Å². The predicted octanol–water partition coefficient (Wildman–Crippen LogP) is 6.55. The molecule has 0 unspecified atom stereocenters. The molecule has 0 radical (unpaired) electrons. The van der Waals surface area contributed by atoms with Gasteiger partial charge in [-0.2, -0.15) is 0 Å². The second-order valence-electron chi connectivity index (χ2n) is 6.85. The normalized spacial score (nSPS) is 11.1. The topological polar surface area (TPSA) is 29.5 Å². The zero-order chi connectivity index (χ0) is 19.9. The molecule has 1 N–H and O–H groups in total. The van der Waals surface area contributed by atoms with Crippen molar-refractivity contribution in [2.24, 2.45) is 0 Å². The smallest absolute Gasteiger partial charge is 0.172 e. The van der Waals surface area contributed by atoms with E-state index in [4.69, 9.17) is 4.89 Å². The van der Waals surface area contributed by atoms with E-state index in [1.807, 2.05) is 103 Å². The summed E-state index contributed by atoms with van der Waals surface area (Å²) in [5, 5.41) is 10.3. The third-order valence-corrected chi connectivity index (χ3v) is 5.07. The second kappa shape index (κ2) is 8.70. The number of benzene rings is 4. The molecule has 4 rings (SSSR count). The van der Waals surface area contributed by atoms with E-state index < -0.39 is 5.60 Å². The first-order valence-electron chi connectivity index (χ1n) is 9.61. The van der Waals surface area contributed by atoms with E-state index >= 15 is 0 Å². The maximum absolute atomic E-state index is 10.3. The van der Waals surface area contributed by atoms with Gasteiger partial charge < -0.3 is 0 Å². The molecule has 0 saturated carbocycles. The van der Waals surface area contributed by atoms with Crippen LogP contribution in [0, 0.1) is 0 Å². The molecule has 0 aromatic heterocycles. The molecule has 4 aromatic carbocycles. The average Bonchev–Trinajstić information content (AvgIpc) is 2.82. The van der Waals surface area contributed by atoms with E-state index in [0.717, 1.165) is 27.8 Å². The number of hydrogen-bond acceptors (Lipinski definition) is 2. The molecule has 0 fully saturated rings. The molecule has 0 saturated heterocycles. The van der Waals surface area contributed by atoms with Crippen LogP contribution in [-0.4, -0.2) is 5.26 Å². The lowest BCUT2D eigenvalue weighted by atomic mass is 9.82. The molecule has 0 amide bonds. The molecule has 2 heteroatoms. The Balaban J connectivity index is 2.01. The van der Waals surface area contributed by atoms with Crippen LogP contribution in [0.4, 0.5) is 0 Å². The van der Waals surface area contributed by atoms with Crippen LogP contribution in [0.3, 0.4) is 0 Å². The highest BCUT2D eigenvalue weighted by Crippen LogP contribution is 2.38. The minimum Gasteiger partial charge on any atom is -0.250 e. The van der Waals surface area contributed by atoms with Gasteiger partial charge in [-0.25, -0.2) is 4.89 Å². The third kappa shape index (κ3) is 3.90. The molecular weight excluding hydrogens is 356 g/mol. The van der Waals surface area contributed by atoms with Crippen LogP contribution >= 0.6 is 0 Å². The molecule has 0 aliphatic carbocycles. The molecule has 29 heavy (non-hydrogen) atoms. The van der Waals surface area contributed by atoms with Gasteiger partial charge in [0, 0.05) is 0 Å². The van der Waals surface area contributed by atoms with Gasteiger partial charge in [0.15, 0.2) is 5.60 Å². The summed E-state index contributed by atoms with van der Waals surface area (Å²) >= 11 is 0. The van der Waals surface area contributed by atoms with Gasteiger partial charge in [0.25, 0.3) is 0 Å². The minimum atomic E-state index is -1.15. The Morgan fingerprint density at radius 2 is 0.897 bits per heavy atom. The summed E-state index contributed by atoms with van der Waals surface area (Å²) in [6.45, 7) is 0. The van der Waals surface area contributed by atoms with Crippen LogP contribution < -0.4 is 0 Å². The molecule has 0 atom stereocenters. The van der Waals surface area contributed by atoms with Gasteiger partial charge in [0.2, 0.25) is 0 Å². The fourth-order valence-corrected chi connectivity index (χ4v) is 3.61. The summed E-state index contributed by atoms with van der Waals surface area (Å²) in [7, 11) is 0. The Morgan fingerprint density at radius 3 is 1.24 bits per heavy atom. The van der Waals surface area contributed by atoms with Crippen molar-refractivity contribution in [2.45, 2.75) is 5.60 Å². The molecule has 0 heterocycles. The fraction of sp³-hybridized carbons (Fsp3) is 0.0370. The summed E-state index contributed by atoms with van der Waals surface area (Å²) < 4.78 is 0. The van der Waals surface area contributed by atoms with Crippen LogP contribution in [0.15, 0.2) is 127 Å². The Labute approximate surface area is 171 Å². The van der Waals surface area contributed by atoms with Gasteiger partial charge >= 0.3 is 0 Å². The zero-order valence-corrected chi connectivity index (χ0v) is 16.0. The second-order valence-corrected chi connectivity index (χ2v) is 6.85. The van der Waals surface area contributed by atoms with Crippen molar-refractivity contribution in [1.29, 1.82) is 0 Å². The van der Waals surface area contributed by atoms with Crippen LogP contribution in [0.25, 0.3) is 5.57 Å². The van der Waals surface area contributed by atoms with Crippen molar-refractivity contribution in [2.75, 3.05) is 0 Å². The van der Waals surface area contributed by atoms with Crippen LogP contribution in [-0.2, 0) is 10.5 Å². The average molecular weight is 378 g/mol. The largest absolute Gasteiger partial charge is 0.250 e. The van der Waals surface area contributed by atoms with E-state index in [-0.39, 0.29) is 0 Å². The van der Waals surface area contributed by atoms with Crippen LogP contribution in [0.5, 0.6) is 0 Å². The zero-order valence-electron chi connectivity index (χ0n) is 16.0. The summed E-state index contributed by atoms with van der Waals surface area (Å²) in [5.41, 5.74) is 3.62. The van der Waals surface area contributed by atoms with Crippen molar-refractivity contribution in [1.82, 2.24) is 0 Å². The molecule has 0 spiro atoms. The maximum Gasteiger partial charge on any atom is 0.172 e. The first-order chi connectivity index (χ1) is 14.3. The van der Waals surface area contributed by atoms with Crippen molar-refractivity contribution in [3.63, 3.8) is 0 Å². The Morgan fingerprint density at radius 1 is 0.552 bits per heavy atom. The molecule has 0 bridgehead atoms. The molecule has 4 aromatic rings. The highest BCUT2D eigenvalue weighted by atomic mass is 17.1. The van der Waals surface area contributed by atoms with E-state index in [0.29, 0.717) is 0 Å². The summed E-state index contributed by atoms with van der Waals surface area (Å²) in [6, 6.07) is 39.9. The Bertz CT molecular complexity index is 976. The Kier molecular flexibility index (Phi) is 5.66. The number of rotatable bonds is 6. The van der Waals surface area contributed by atoms with E-state index in [1.165, 1.54) is 0 Å².